The van der Waals surface area contributed by atoms with Crippen molar-refractivity contribution in [3.63, 3.8) is 0 Å². The Morgan fingerprint density at radius 3 is 2.47 bits per heavy atom. The summed E-state index contributed by atoms with van der Waals surface area (Å²) in [7, 11) is 0. The molecule has 0 amide bonds. The summed E-state index contributed by atoms with van der Waals surface area (Å²) in [4.78, 5) is 0. The highest BCUT2D eigenvalue weighted by atomic mass is 35.5. The van der Waals surface area contributed by atoms with Gasteiger partial charge >= 0.3 is 0 Å². The van der Waals surface area contributed by atoms with Gasteiger partial charge in [-0.3, -0.25) is 0 Å². The first-order chi connectivity index (χ1) is 8.99. The van der Waals surface area contributed by atoms with Crippen LogP contribution in [0.5, 0.6) is 0 Å². The maximum Gasteiger partial charge on any atom is 0.0624 e. The van der Waals surface area contributed by atoms with E-state index in [1.165, 1.54) is 0 Å². The third-order valence-corrected chi connectivity index (χ3v) is 4.36. The highest BCUT2D eigenvalue weighted by molar-refractivity contribution is 6.42. The van der Waals surface area contributed by atoms with Crippen molar-refractivity contribution in [2.45, 2.75) is 19.4 Å². The molecule has 1 atom stereocenters. The standard InChI is InChI=1S/C15H14Cl3N/c1-9-5-6-10(7-13(9)17)14(19)8-11-3-2-4-12(16)15(11)18/h2-7,14H,8,19H2,1H3. The zero-order chi connectivity index (χ0) is 14.0. The summed E-state index contributed by atoms with van der Waals surface area (Å²) in [6, 6.07) is 11.3. The minimum Gasteiger partial charge on any atom is -0.324 e. The van der Waals surface area contributed by atoms with Crippen molar-refractivity contribution in [2.24, 2.45) is 5.73 Å². The second kappa shape index (κ2) is 6.15. The van der Waals surface area contributed by atoms with Crippen LogP contribution in [0.25, 0.3) is 0 Å². The SMILES string of the molecule is Cc1ccc(C(N)Cc2cccc(Cl)c2Cl)cc1Cl. The molecule has 2 aromatic rings. The molecular weight excluding hydrogens is 301 g/mol. The van der Waals surface area contributed by atoms with Crippen LogP contribution in [0.2, 0.25) is 15.1 Å². The summed E-state index contributed by atoms with van der Waals surface area (Å²) < 4.78 is 0. The molecule has 0 aliphatic heterocycles. The molecule has 100 valence electrons. The summed E-state index contributed by atoms with van der Waals surface area (Å²) in [5, 5.41) is 1.84. The van der Waals surface area contributed by atoms with E-state index in [0.717, 1.165) is 21.7 Å². The van der Waals surface area contributed by atoms with Crippen LogP contribution in [0.3, 0.4) is 0 Å². The first kappa shape index (κ1) is 14.7. The van der Waals surface area contributed by atoms with Crippen molar-refractivity contribution < 1.29 is 0 Å². The van der Waals surface area contributed by atoms with Crippen LogP contribution in [0.15, 0.2) is 36.4 Å². The lowest BCUT2D eigenvalue weighted by atomic mass is 9.99. The van der Waals surface area contributed by atoms with E-state index in [2.05, 4.69) is 0 Å². The van der Waals surface area contributed by atoms with Gasteiger partial charge in [0.05, 0.1) is 10.0 Å². The Hall–Kier alpha value is -0.730. The van der Waals surface area contributed by atoms with Crippen molar-refractivity contribution >= 4 is 34.8 Å². The van der Waals surface area contributed by atoms with Crippen LogP contribution in [0.1, 0.15) is 22.7 Å². The van der Waals surface area contributed by atoms with Crippen LogP contribution in [0, 0.1) is 6.92 Å². The topological polar surface area (TPSA) is 26.0 Å². The van der Waals surface area contributed by atoms with E-state index in [9.17, 15) is 0 Å². The zero-order valence-electron chi connectivity index (χ0n) is 10.5. The van der Waals surface area contributed by atoms with Gasteiger partial charge in [0.15, 0.2) is 0 Å². The van der Waals surface area contributed by atoms with Gasteiger partial charge in [-0.25, -0.2) is 0 Å². The highest BCUT2D eigenvalue weighted by Crippen LogP contribution is 2.29. The molecule has 0 aliphatic carbocycles. The molecule has 0 bridgehead atoms. The second-order valence-corrected chi connectivity index (χ2v) is 5.72. The lowest BCUT2D eigenvalue weighted by molar-refractivity contribution is 0.722. The molecule has 0 aromatic heterocycles. The van der Waals surface area contributed by atoms with E-state index in [0.29, 0.717) is 16.5 Å². The number of rotatable bonds is 3. The van der Waals surface area contributed by atoms with Crippen LogP contribution >= 0.6 is 34.8 Å². The first-order valence-electron chi connectivity index (χ1n) is 5.93. The molecule has 0 aliphatic rings. The first-order valence-corrected chi connectivity index (χ1v) is 7.07. The molecule has 4 heteroatoms. The molecule has 2 aromatic carbocycles. The van der Waals surface area contributed by atoms with E-state index in [1.54, 1.807) is 6.07 Å². The van der Waals surface area contributed by atoms with Crippen molar-refractivity contribution in [3.8, 4) is 0 Å². The fourth-order valence-corrected chi connectivity index (χ4v) is 2.49. The molecule has 0 spiro atoms. The molecule has 0 saturated heterocycles. The third-order valence-electron chi connectivity index (χ3n) is 3.10. The molecule has 1 unspecified atom stereocenters. The Morgan fingerprint density at radius 2 is 1.79 bits per heavy atom. The van der Waals surface area contributed by atoms with Crippen LogP contribution in [-0.4, -0.2) is 0 Å². The number of halogens is 3. The van der Waals surface area contributed by atoms with Gasteiger partial charge in [0, 0.05) is 11.1 Å². The molecular formula is C15H14Cl3N. The van der Waals surface area contributed by atoms with E-state index >= 15 is 0 Å². The lowest BCUT2D eigenvalue weighted by Gasteiger charge is -2.14. The van der Waals surface area contributed by atoms with Crippen LogP contribution in [-0.2, 0) is 6.42 Å². The Labute approximate surface area is 128 Å². The molecule has 19 heavy (non-hydrogen) atoms. The van der Waals surface area contributed by atoms with Crippen molar-refractivity contribution in [1.29, 1.82) is 0 Å². The van der Waals surface area contributed by atoms with Gasteiger partial charge in [-0.15, -0.1) is 0 Å². The van der Waals surface area contributed by atoms with Crippen LogP contribution < -0.4 is 5.73 Å². The summed E-state index contributed by atoms with van der Waals surface area (Å²) in [5.74, 6) is 0. The summed E-state index contributed by atoms with van der Waals surface area (Å²) in [6.07, 6.45) is 0.624. The molecule has 0 radical (unpaired) electrons. The third kappa shape index (κ3) is 3.43. The second-order valence-electron chi connectivity index (χ2n) is 4.53. The predicted octanol–water partition coefficient (Wildman–Crippen LogP) is 5.20. The Bertz CT molecular complexity index is 596. The Balaban J connectivity index is 2.23. The van der Waals surface area contributed by atoms with Gasteiger partial charge in [0.2, 0.25) is 0 Å². The molecule has 0 fully saturated rings. The maximum atomic E-state index is 6.20. The van der Waals surface area contributed by atoms with Crippen LogP contribution in [0.4, 0.5) is 0 Å². The minimum atomic E-state index is -0.158. The fraction of sp³-hybridized carbons (Fsp3) is 0.200. The number of hydrogen-bond acceptors (Lipinski definition) is 1. The number of nitrogens with two attached hydrogens (primary N) is 1. The quantitative estimate of drug-likeness (QED) is 0.828. The van der Waals surface area contributed by atoms with Crippen molar-refractivity contribution in [1.82, 2.24) is 0 Å². The van der Waals surface area contributed by atoms with Gasteiger partial charge in [-0.2, -0.15) is 0 Å². The molecule has 2 N–H and O–H groups in total. The Kier molecular flexibility index (Phi) is 4.75. The summed E-state index contributed by atoms with van der Waals surface area (Å²) in [5.41, 5.74) is 9.18. The monoisotopic (exact) mass is 313 g/mol. The molecule has 2 rings (SSSR count). The van der Waals surface area contributed by atoms with E-state index in [1.807, 2.05) is 37.3 Å². The highest BCUT2D eigenvalue weighted by Gasteiger charge is 2.12. The molecule has 1 nitrogen and oxygen atoms in total. The largest absolute Gasteiger partial charge is 0.324 e. The van der Waals surface area contributed by atoms with Gasteiger partial charge in [0.1, 0.15) is 0 Å². The van der Waals surface area contributed by atoms with Crippen molar-refractivity contribution in [3.05, 3.63) is 68.2 Å². The average Bonchev–Trinajstić information content (AvgIpc) is 2.38. The number of hydrogen-bond donors (Lipinski definition) is 1. The van der Waals surface area contributed by atoms with E-state index in [4.69, 9.17) is 40.5 Å². The maximum absolute atomic E-state index is 6.20. The number of aryl methyl sites for hydroxylation is 1. The van der Waals surface area contributed by atoms with Gasteiger partial charge < -0.3 is 5.73 Å². The zero-order valence-corrected chi connectivity index (χ0v) is 12.7. The summed E-state index contributed by atoms with van der Waals surface area (Å²) in [6.45, 7) is 1.96. The van der Waals surface area contributed by atoms with Gasteiger partial charge in [0.25, 0.3) is 0 Å². The minimum absolute atomic E-state index is 0.158. The Morgan fingerprint density at radius 1 is 1.05 bits per heavy atom. The van der Waals surface area contributed by atoms with Gasteiger partial charge in [-0.1, -0.05) is 59.1 Å². The lowest BCUT2D eigenvalue weighted by Crippen LogP contribution is -2.13. The number of benzene rings is 2. The average molecular weight is 315 g/mol. The van der Waals surface area contributed by atoms with E-state index in [-0.39, 0.29) is 6.04 Å². The molecule has 0 heterocycles. The molecule has 0 saturated carbocycles. The smallest absolute Gasteiger partial charge is 0.0624 e. The van der Waals surface area contributed by atoms with E-state index < -0.39 is 0 Å². The summed E-state index contributed by atoms with van der Waals surface area (Å²) >= 11 is 18.3. The van der Waals surface area contributed by atoms with Gasteiger partial charge in [-0.05, 0) is 42.2 Å². The van der Waals surface area contributed by atoms with Crippen molar-refractivity contribution in [2.75, 3.05) is 0 Å². The predicted molar refractivity (Wildman–Crippen MR) is 83.3 cm³/mol. The fourth-order valence-electron chi connectivity index (χ4n) is 1.90. The normalized spacial score (nSPS) is 12.5.